The van der Waals surface area contributed by atoms with Gasteiger partial charge < -0.3 is 14.6 Å². The predicted octanol–water partition coefficient (Wildman–Crippen LogP) is 2.94. The Morgan fingerprint density at radius 2 is 2.12 bits per heavy atom. The van der Waals surface area contributed by atoms with E-state index in [-0.39, 0.29) is 6.29 Å². The molecule has 0 atom stereocenters. The molecular formula is C11H16O4S2. The minimum atomic E-state index is -0.881. The third-order valence-electron chi connectivity index (χ3n) is 1.88. The van der Waals surface area contributed by atoms with E-state index in [0.29, 0.717) is 23.8 Å². The van der Waals surface area contributed by atoms with E-state index in [2.05, 4.69) is 0 Å². The highest BCUT2D eigenvalue weighted by Crippen LogP contribution is 2.26. The minimum Gasteiger partial charge on any atom is -0.477 e. The van der Waals surface area contributed by atoms with Gasteiger partial charge in [0.15, 0.2) is 6.29 Å². The molecule has 1 heterocycles. The lowest BCUT2D eigenvalue weighted by atomic mass is 10.5. The summed E-state index contributed by atoms with van der Waals surface area (Å²) in [4.78, 5) is 12.0. The second kappa shape index (κ2) is 7.71. The molecule has 96 valence electrons. The van der Waals surface area contributed by atoms with Crippen molar-refractivity contribution in [2.45, 2.75) is 25.0 Å². The summed E-state index contributed by atoms with van der Waals surface area (Å²) in [6.45, 7) is 5.05. The van der Waals surface area contributed by atoms with Crippen LogP contribution >= 0.6 is 23.1 Å². The van der Waals surface area contributed by atoms with E-state index in [1.165, 1.54) is 11.3 Å². The van der Waals surface area contributed by atoms with E-state index in [0.717, 1.165) is 4.90 Å². The molecule has 0 fully saturated rings. The second-order valence-electron chi connectivity index (χ2n) is 3.10. The van der Waals surface area contributed by atoms with Crippen molar-refractivity contribution in [2.75, 3.05) is 19.0 Å². The molecule has 0 aliphatic carbocycles. The van der Waals surface area contributed by atoms with E-state index in [1.54, 1.807) is 17.8 Å². The molecule has 4 nitrogen and oxygen atoms in total. The summed E-state index contributed by atoms with van der Waals surface area (Å²) >= 11 is 2.78. The highest BCUT2D eigenvalue weighted by molar-refractivity contribution is 7.99. The molecule has 17 heavy (non-hydrogen) atoms. The van der Waals surface area contributed by atoms with Gasteiger partial charge in [-0.3, -0.25) is 0 Å². The normalized spacial score (nSPS) is 11.0. The van der Waals surface area contributed by atoms with E-state index in [1.807, 2.05) is 19.2 Å². The number of thioether (sulfide) groups is 1. The molecule has 1 rings (SSSR count). The van der Waals surface area contributed by atoms with Crippen molar-refractivity contribution >= 4 is 29.1 Å². The Morgan fingerprint density at radius 3 is 2.59 bits per heavy atom. The molecular weight excluding hydrogens is 260 g/mol. The molecule has 0 aliphatic heterocycles. The summed E-state index contributed by atoms with van der Waals surface area (Å²) in [6, 6.07) is 1.67. The molecule has 1 N–H and O–H groups in total. The maximum Gasteiger partial charge on any atom is 0.345 e. The molecule has 1 aromatic rings. The fourth-order valence-corrected chi connectivity index (χ4v) is 3.01. The molecule has 0 spiro atoms. The Morgan fingerprint density at radius 1 is 1.47 bits per heavy atom. The molecule has 0 radical (unpaired) electrons. The van der Waals surface area contributed by atoms with Gasteiger partial charge in [0.2, 0.25) is 0 Å². The molecule has 0 bridgehead atoms. The predicted molar refractivity (Wildman–Crippen MR) is 69.0 cm³/mol. The van der Waals surface area contributed by atoms with E-state index in [9.17, 15) is 4.79 Å². The van der Waals surface area contributed by atoms with Crippen LogP contribution in [0.1, 0.15) is 23.5 Å². The van der Waals surface area contributed by atoms with Gasteiger partial charge in [0.05, 0.1) is 0 Å². The standard InChI is InChI=1S/C11H16O4S2/c1-3-14-10(15-4-2)7-16-8-5-9(11(12)13)17-6-8/h5-6,10H,3-4,7H2,1-2H3,(H,12,13). The number of thiophene rings is 1. The van der Waals surface area contributed by atoms with Crippen LogP contribution in [0, 0.1) is 0 Å². The Bertz CT molecular complexity index is 345. The number of ether oxygens (including phenoxy) is 2. The number of aromatic carboxylic acids is 1. The van der Waals surface area contributed by atoms with Crippen LogP contribution in [0.5, 0.6) is 0 Å². The number of carbonyl (C=O) groups is 1. The maximum absolute atomic E-state index is 10.7. The van der Waals surface area contributed by atoms with Gasteiger partial charge in [0.1, 0.15) is 4.88 Å². The summed E-state index contributed by atoms with van der Waals surface area (Å²) in [5.74, 6) is -0.217. The van der Waals surface area contributed by atoms with Crippen LogP contribution in [0.15, 0.2) is 16.3 Å². The molecule has 0 unspecified atom stereocenters. The van der Waals surface area contributed by atoms with Gasteiger partial charge in [-0.1, -0.05) is 0 Å². The SMILES string of the molecule is CCOC(CSc1csc(C(=O)O)c1)OCC. The molecule has 0 aliphatic rings. The van der Waals surface area contributed by atoms with Crippen LogP contribution in [0.4, 0.5) is 0 Å². The Hall–Kier alpha value is -0.560. The number of carboxylic acid groups (broad SMARTS) is 1. The summed E-state index contributed by atoms with van der Waals surface area (Å²) < 4.78 is 10.8. The van der Waals surface area contributed by atoms with Gasteiger partial charge in [0.25, 0.3) is 0 Å². The molecule has 1 aromatic heterocycles. The maximum atomic E-state index is 10.7. The van der Waals surface area contributed by atoms with Crippen LogP contribution in [0.3, 0.4) is 0 Å². The summed E-state index contributed by atoms with van der Waals surface area (Å²) in [5.41, 5.74) is 0. The average molecular weight is 276 g/mol. The lowest BCUT2D eigenvalue weighted by Crippen LogP contribution is -2.19. The summed E-state index contributed by atoms with van der Waals surface area (Å²) in [5, 5.41) is 10.6. The number of rotatable bonds is 8. The van der Waals surface area contributed by atoms with Crippen molar-refractivity contribution in [3.05, 3.63) is 16.3 Å². The Balaban J connectivity index is 2.44. The first kappa shape index (κ1) is 14.5. The third-order valence-corrected chi connectivity index (χ3v) is 3.95. The van der Waals surface area contributed by atoms with Crippen LogP contribution in [-0.4, -0.2) is 36.3 Å². The third kappa shape index (κ3) is 5.08. The first-order valence-electron chi connectivity index (χ1n) is 5.35. The Kier molecular flexibility index (Phi) is 6.57. The van der Waals surface area contributed by atoms with Crippen molar-refractivity contribution < 1.29 is 19.4 Å². The number of hydrogen-bond acceptors (Lipinski definition) is 5. The first-order chi connectivity index (χ1) is 8.17. The van der Waals surface area contributed by atoms with Crippen LogP contribution in [-0.2, 0) is 9.47 Å². The van der Waals surface area contributed by atoms with Crippen molar-refractivity contribution in [2.24, 2.45) is 0 Å². The van der Waals surface area contributed by atoms with Gasteiger partial charge in [-0.15, -0.1) is 23.1 Å². The van der Waals surface area contributed by atoms with Crippen molar-refractivity contribution in [3.63, 3.8) is 0 Å². The monoisotopic (exact) mass is 276 g/mol. The highest BCUT2D eigenvalue weighted by atomic mass is 32.2. The lowest BCUT2D eigenvalue weighted by Gasteiger charge is -2.15. The summed E-state index contributed by atoms with van der Waals surface area (Å²) in [7, 11) is 0. The molecule has 0 saturated heterocycles. The molecule has 0 amide bonds. The van der Waals surface area contributed by atoms with Crippen molar-refractivity contribution in [1.29, 1.82) is 0 Å². The smallest absolute Gasteiger partial charge is 0.345 e. The lowest BCUT2D eigenvalue weighted by molar-refractivity contribution is -0.120. The minimum absolute atomic E-state index is 0.233. The average Bonchev–Trinajstić information content (AvgIpc) is 2.75. The second-order valence-corrected chi connectivity index (χ2v) is 5.11. The number of carboxylic acids is 1. The van der Waals surface area contributed by atoms with Gasteiger partial charge in [-0.05, 0) is 19.9 Å². The largest absolute Gasteiger partial charge is 0.477 e. The van der Waals surface area contributed by atoms with Crippen LogP contribution in [0.25, 0.3) is 0 Å². The van der Waals surface area contributed by atoms with Gasteiger partial charge >= 0.3 is 5.97 Å². The van der Waals surface area contributed by atoms with Crippen molar-refractivity contribution in [3.8, 4) is 0 Å². The fraction of sp³-hybridized carbons (Fsp3) is 0.545. The van der Waals surface area contributed by atoms with Crippen LogP contribution in [0.2, 0.25) is 0 Å². The van der Waals surface area contributed by atoms with Gasteiger partial charge in [-0.25, -0.2) is 4.79 Å². The number of hydrogen-bond donors (Lipinski definition) is 1. The summed E-state index contributed by atoms with van der Waals surface area (Å²) in [6.07, 6.45) is -0.233. The fourth-order valence-electron chi connectivity index (χ4n) is 1.19. The van der Waals surface area contributed by atoms with Gasteiger partial charge in [-0.2, -0.15) is 0 Å². The Labute approximate surface area is 109 Å². The topological polar surface area (TPSA) is 55.8 Å². The zero-order valence-corrected chi connectivity index (χ0v) is 11.5. The molecule has 0 saturated carbocycles. The first-order valence-corrected chi connectivity index (χ1v) is 7.21. The van der Waals surface area contributed by atoms with E-state index < -0.39 is 5.97 Å². The van der Waals surface area contributed by atoms with Crippen LogP contribution < -0.4 is 0 Å². The zero-order valence-electron chi connectivity index (χ0n) is 9.84. The van der Waals surface area contributed by atoms with E-state index >= 15 is 0 Å². The quantitative estimate of drug-likeness (QED) is 0.584. The van der Waals surface area contributed by atoms with E-state index in [4.69, 9.17) is 14.6 Å². The van der Waals surface area contributed by atoms with Crippen molar-refractivity contribution in [1.82, 2.24) is 0 Å². The van der Waals surface area contributed by atoms with Gasteiger partial charge in [0, 0.05) is 29.2 Å². The molecule has 0 aromatic carbocycles. The highest BCUT2D eigenvalue weighted by Gasteiger charge is 2.11. The zero-order chi connectivity index (χ0) is 12.7. The molecule has 6 heteroatoms.